The lowest BCUT2D eigenvalue weighted by atomic mass is 10.1. The van der Waals surface area contributed by atoms with Crippen LogP contribution in [0.25, 0.3) is 0 Å². The number of hydrogen-bond acceptors (Lipinski definition) is 3. The first kappa shape index (κ1) is 11.5. The van der Waals surface area contributed by atoms with Crippen molar-refractivity contribution < 1.29 is 0 Å². The van der Waals surface area contributed by atoms with Crippen LogP contribution < -0.4 is 0 Å². The molecule has 0 aromatic carbocycles. The lowest BCUT2D eigenvalue weighted by Crippen LogP contribution is -2.32. The molecule has 1 aliphatic heterocycles. The Bertz CT molecular complexity index is 360. The summed E-state index contributed by atoms with van der Waals surface area (Å²) in [5.74, 6) is 1.68. The zero-order valence-electron chi connectivity index (χ0n) is 10.5. The third-order valence-electron chi connectivity index (χ3n) is 3.17. The zero-order valence-corrected chi connectivity index (χ0v) is 10.5. The molecule has 0 N–H and O–H groups in total. The van der Waals surface area contributed by atoms with Gasteiger partial charge < -0.3 is 0 Å². The molecule has 88 valence electrons. The van der Waals surface area contributed by atoms with E-state index in [1.165, 1.54) is 24.2 Å². The second-order valence-electron chi connectivity index (χ2n) is 5.10. The highest BCUT2D eigenvalue weighted by Gasteiger charge is 2.17. The second kappa shape index (κ2) is 4.91. The fourth-order valence-electron chi connectivity index (χ4n) is 2.09. The Morgan fingerprint density at radius 2 is 2.25 bits per heavy atom. The van der Waals surface area contributed by atoms with E-state index in [1.807, 2.05) is 13.1 Å². The molecule has 0 unspecified atom stereocenters. The van der Waals surface area contributed by atoms with Crippen LogP contribution in [0.1, 0.15) is 37.4 Å². The van der Waals surface area contributed by atoms with Gasteiger partial charge in [-0.25, -0.2) is 9.97 Å². The van der Waals surface area contributed by atoms with E-state index in [0.717, 1.165) is 31.3 Å². The van der Waals surface area contributed by atoms with Crippen molar-refractivity contribution in [3.8, 4) is 0 Å². The van der Waals surface area contributed by atoms with E-state index in [9.17, 15) is 0 Å². The Labute approximate surface area is 97.9 Å². The van der Waals surface area contributed by atoms with Crippen molar-refractivity contribution in [1.29, 1.82) is 0 Å². The standard InChI is InChI=1S/C13H21N3/c1-10(2)4-6-16-7-5-12-8-14-11(3)15-13(12)9-16/h8,10H,4-7,9H2,1-3H3. The van der Waals surface area contributed by atoms with Gasteiger partial charge in [0, 0.05) is 19.3 Å². The second-order valence-corrected chi connectivity index (χ2v) is 5.10. The predicted octanol–water partition coefficient (Wildman–Crippen LogP) is 2.19. The fourth-order valence-corrected chi connectivity index (χ4v) is 2.09. The Balaban J connectivity index is 1.99. The van der Waals surface area contributed by atoms with Crippen LogP contribution in [0.5, 0.6) is 0 Å². The minimum absolute atomic E-state index is 0.786. The highest BCUT2D eigenvalue weighted by molar-refractivity contribution is 5.20. The average Bonchev–Trinajstić information content (AvgIpc) is 2.25. The lowest BCUT2D eigenvalue weighted by Gasteiger charge is -2.28. The van der Waals surface area contributed by atoms with E-state index < -0.39 is 0 Å². The first-order valence-corrected chi connectivity index (χ1v) is 6.19. The molecule has 0 spiro atoms. The first-order chi connectivity index (χ1) is 7.65. The molecule has 1 aliphatic rings. The fraction of sp³-hybridized carbons (Fsp3) is 0.692. The molecule has 0 bridgehead atoms. The molecule has 0 fully saturated rings. The minimum Gasteiger partial charge on any atom is -0.297 e. The lowest BCUT2D eigenvalue weighted by molar-refractivity contribution is 0.235. The third-order valence-corrected chi connectivity index (χ3v) is 3.17. The molecular formula is C13H21N3. The van der Waals surface area contributed by atoms with Crippen molar-refractivity contribution in [2.45, 2.75) is 40.2 Å². The first-order valence-electron chi connectivity index (χ1n) is 6.19. The summed E-state index contributed by atoms with van der Waals surface area (Å²) >= 11 is 0. The van der Waals surface area contributed by atoms with Crippen molar-refractivity contribution in [1.82, 2.24) is 14.9 Å². The number of nitrogens with zero attached hydrogens (tertiary/aromatic N) is 3. The largest absolute Gasteiger partial charge is 0.297 e. The molecule has 0 aliphatic carbocycles. The molecule has 3 nitrogen and oxygen atoms in total. The molecule has 0 saturated carbocycles. The molecule has 3 heteroatoms. The molecule has 2 rings (SSSR count). The maximum atomic E-state index is 4.54. The predicted molar refractivity (Wildman–Crippen MR) is 65.2 cm³/mol. The van der Waals surface area contributed by atoms with Gasteiger partial charge in [-0.15, -0.1) is 0 Å². The van der Waals surface area contributed by atoms with Crippen molar-refractivity contribution in [2.75, 3.05) is 13.1 Å². The molecular weight excluding hydrogens is 198 g/mol. The maximum Gasteiger partial charge on any atom is 0.125 e. The molecule has 1 aromatic rings. The zero-order chi connectivity index (χ0) is 11.5. The summed E-state index contributed by atoms with van der Waals surface area (Å²) in [6.45, 7) is 9.89. The number of aryl methyl sites for hydroxylation is 1. The van der Waals surface area contributed by atoms with Gasteiger partial charge in [-0.05, 0) is 37.8 Å². The number of fused-ring (bicyclic) bond motifs is 1. The van der Waals surface area contributed by atoms with Crippen molar-refractivity contribution >= 4 is 0 Å². The average molecular weight is 219 g/mol. The quantitative estimate of drug-likeness (QED) is 0.780. The number of hydrogen-bond donors (Lipinski definition) is 0. The van der Waals surface area contributed by atoms with Crippen LogP contribution in [0.15, 0.2) is 6.20 Å². The Hall–Kier alpha value is -0.960. The molecule has 0 saturated heterocycles. The smallest absolute Gasteiger partial charge is 0.125 e. The summed E-state index contributed by atoms with van der Waals surface area (Å²) in [7, 11) is 0. The molecule has 2 heterocycles. The summed E-state index contributed by atoms with van der Waals surface area (Å²) < 4.78 is 0. The molecule has 0 radical (unpaired) electrons. The van der Waals surface area contributed by atoms with Gasteiger partial charge in [-0.1, -0.05) is 13.8 Å². The molecule has 16 heavy (non-hydrogen) atoms. The third kappa shape index (κ3) is 2.79. The maximum absolute atomic E-state index is 4.54. The van der Waals surface area contributed by atoms with Crippen LogP contribution >= 0.6 is 0 Å². The summed E-state index contributed by atoms with van der Waals surface area (Å²) in [4.78, 5) is 11.3. The molecule has 0 atom stereocenters. The summed E-state index contributed by atoms with van der Waals surface area (Å²) in [5, 5.41) is 0. The van der Waals surface area contributed by atoms with Crippen molar-refractivity contribution in [2.24, 2.45) is 5.92 Å². The van der Waals surface area contributed by atoms with E-state index in [4.69, 9.17) is 0 Å². The van der Waals surface area contributed by atoms with Crippen molar-refractivity contribution in [3.05, 3.63) is 23.3 Å². The molecule has 1 aromatic heterocycles. The summed E-state index contributed by atoms with van der Waals surface area (Å²) in [6.07, 6.45) is 4.38. The van der Waals surface area contributed by atoms with Gasteiger partial charge in [0.1, 0.15) is 5.82 Å². The van der Waals surface area contributed by atoms with Gasteiger partial charge in [-0.2, -0.15) is 0 Å². The Morgan fingerprint density at radius 1 is 1.44 bits per heavy atom. The minimum atomic E-state index is 0.786. The highest BCUT2D eigenvalue weighted by Crippen LogP contribution is 2.17. The highest BCUT2D eigenvalue weighted by atomic mass is 15.1. The Kier molecular flexibility index (Phi) is 3.54. The van der Waals surface area contributed by atoms with Crippen LogP contribution in [0.2, 0.25) is 0 Å². The topological polar surface area (TPSA) is 29.0 Å². The van der Waals surface area contributed by atoms with Crippen LogP contribution in [-0.4, -0.2) is 28.0 Å². The summed E-state index contributed by atoms with van der Waals surface area (Å²) in [6, 6.07) is 0. The number of rotatable bonds is 3. The van der Waals surface area contributed by atoms with E-state index in [0.29, 0.717) is 0 Å². The number of aromatic nitrogens is 2. The van der Waals surface area contributed by atoms with Gasteiger partial charge >= 0.3 is 0 Å². The molecule has 0 amide bonds. The van der Waals surface area contributed by atoms with Gasteiger partial charge in [0.15, 0.2) is 0 Å². The van der Waals surface area contributed by atoms with Crippen LogP contribution in [0.3, 0.4) is 0 Å². The van der Waals surface area contributed by atoms with Crippen LogP contribution in [0, 0.1) is 12.8 Å². The van der Waals surface area contributed by atoms with Crippen LogP contribution in [0.4, 0.5) is 0 Å². The SMILES string of the molecule is Cc1ncc2c(n1)CN(CCC(C)C)CC2. The van der Waals surface area contributed by atoms with Gasteiger partial charge in [0.05, 0.1) is 5.69 Å². The van der Waals surface area contributed by atoms with Gasteiger partial charge in [-0.3, -0.25) is 4.90 Å². The van der Waals surface area contributed by atoms with Gasteiger partial charge in [0.2, 0.25) is 0 Å². The normalized spacial score (nSPS) is 16.5. The van der Waals surface area contributed by atoms with Crippen LogP contribution in [-0.2, 0) is 13.0 Å². The van der Waals surface area contributed by atoms with Crippen molar-refractivity contribution in [3.63, 3.8) is 0 Å². The summed E-state index contributed by atoms with van der Waals surface area (Å²) in [5.41, 5.74) is 2.58. The van der Waals surface area contributed by atoms with E-state index in [1.54, 1.807) is 0 Å². The van der Waals surface area contributed by atoms with E-state index in [-0.39, 0.29) is 0 Å². The Morgan fingerprint density at radius 3 is 3.00 bits per heavy atom. The van der Waals surface area contributed by atoms with E-state index in [2.05, 4.69) is 28.7 Å². The monoisotopic (exact) mass is 219 g/mol. The van der Waals surface area contributed by atoms with Gasteiger partial charge in [0.25, 0.3) is 0 Å². The van der Waals surface area contributed by atoms with E-state index >= 15 is 0 Å².